The number of nitrogens with zero attached hydrogens (tertiary/aromatic N) is 3. The maximum absolute atomic E-state index is 13.3. The number of aryl methyl sites for hydroxylation is 1. The standard InChI is InChI=1S/C18H23N3O4S/c1-12(2)10-21(13-8-9-26(24,25)11-13)18(23)16-14-6-4-5-7-15(14)17(22)20(3)19-16/h4-7,12-13H,8-11H2,1-3H3/t13-/m0/s1. The SMILES string of the molecule is CC(C)CN(C(=O)c1nn(C)c(=O)c2ccccc12)[C@H]1CCS(=O)(=O)C1. The number of carbonyl (C=O) groups is 1. The third kappa shape index (κ3) is 3.51. The fourth-order valence-corrected chi connectivity index (χ4v) is 5.14. The number of fused-ring (bicyclic) bond motifs is 1. The molecule has 3 rings (SSSR count). The molecule has 1 amide bonds. The molecule has 0 spiro atoms. The Labute approximate surface area is 152 Å². The highest BCUT2D eigenvalue weighted by Crippen LogP contribution is 2.23. The van der Waals surface area contributed by atoms with Gasteiger partial charge in [-0.1, -0.05) is 32.0 Å². The van der Waals surface area contributed by atoms with Crippen molar-refractivity contribution in [3.05, 3.63) is 40.3 Å². The van der Waals surface area contributed by atoms with E-state index in [1.807, 2.05) is 13.8 Å². The van der Waals surface area contributed by atoms with Gasteiger partial charge in [0.25, 0.3) is 11.5 Å². The Morgan fingerprint density at radius 1 is 1.31 bits per heavy atom. The average molecular weight is 377 g/mol. The van der Waals surface area contributed by atoms with Crippen molar-refractivity contribution < 1.29 is 13.2 Å². The van der Waals surface area contributed by atoms with Crippen LogP contribution in [0.15, 0.2) is 29.1 Å². The van der Waals surface area contributed by atoms with Gasteiger partial charge in [-0.2, -0.15) is 5.10 Å². The van der Waals surface area contributed by atoms with Crippen LogP contribution in [-0.4, -0.2) is 53.1 Å². The van der Waals surface area contributed by atoms with Crippen LogP contribution in [0, 0.1) is 5.92 Å². The molecule has 2 heterocycles. The van der Waals surface area contributed by atoms with E-state index in [0.29, 0.717) is 23.7 Å². The summed E-state index contributed by atoms with van der Waals surface area (Å²) in [6, 6.07) is 6.52. The van der Waals surface area contributed by atoms with Crippen molar-refractivity contribution in [3.8, 4) is 0 Å². The Hall–Kier alpha value is -2.22. The molecule has 0 radical (unpaired) electrons. The molecule has 7 nitrogen and oxygen atoms in total. The van der Waals surface area contributed by atoms with Gasteiger partial charge in [-0.15, -0.1) is 0 Å². The lowest BCUT2D eigenvalue weighted by atomic mass is 10.1. The Morgan fingerprint density at radius 2 is 1.96 bits per heavy atom. The molecule has 1 saturated heterocycles. The number of rotatable bonds is 4. The topological polar surface area (TPSA) is 89.3 Å². The van der Waals surface area contributed by atoms with Crippen molar-refractivity contribution in [2.24, 2.45) is 13.0 Å². The van der Waals surface area contributed by atoms with Gasteiger partial charge in [0.2, 0.25) is 0 Å². The number of carbonyl (C=O) groups excluding carboxylic acids is 1. The van der Waals surface area contributed by atoms with Crippen LogP contribution in [0.5, 0.6) is 0 Å². The normalized spacial score (nSPS) is 19.2. The van der Waals surface area contributed by atoms with E-state index in [0.717, 1.165) is 4.68 Å². The third-order valence-electron chi connectivity index (χ3n) is 4.63. The summed E-state index contributed by atoms with van der Waals surface area (Å²) in [4.78, 5) is 27.2. The number of aromatic nitrogens is 2. The van der Waals surface area contributed by atoms with Gasteiger partial charge in [0.15, 0.2) is 15.5 Å². The summed E-state index contributed by atoms with van der Waals surface area (Å²) in [7, 11) is -1.61. The predicted octanol–water partition coefficient (Wildman–Crippen LogP) is 1.22. The molecule has 2 aromatic rings. The van der Waals surface area contributed by atoms with Crippen molar-refractivity contribution >= 4 is 26.5 Å². The fraction of sp³-hybridized carbons (Fsp3) is 0.500. The summed E-state index contributed by atoms with van der Waals surface area (Å²) < 4.78 is 25.0. The summed E-state index contributed by atoms with van der Waals surface area (Å²) in [6.07, 6.45) is 0.435. The molecule has 0 aliphatic carbocycles. The van der Waals surface area contributed by atoms with E-state index in [1.54, 1.807) is 29.2 Å². The minimum Gasteiger partial charge on any atom is -0.333 e. The first-order chi connectivity index (χ1) is 12.2. The molecule has 0 bridgehead atoms. The van der Waals surface area contributed by atoms with Crippen molar-refractivity contribution in [2.45, 2.75) is 26.3 Å². The Morgan fingerprint density at radius 3 is 2.54 bits per heavy atom. The zero-order valence-corrected chi connectivity index (χ0v) is 16.0. The van der Waals surface area contributed by atoms with Crippen LogP contribution in [0.25, 0.3) is 10.8 Å². The third-order valence-corrected chi connectivity index (χ3v) is 6.38. The summed E-state index contributed by atoms with van der Waals surface area (Å²) in [5.74, 6) is -0.0653. The maximum Gasteiger partial charge on any atom is 0.275 e. The van der Waals surface area contributed by atoms with Crippen LogP contribution < -0.4 is 5.56 Å². The van der Waals surface area contributed by atoms with Crippen LogP contribution in [0.2, 0.25) is 0 Å². The Bertz CT molecular complexity index is 1010. The molecule has 1 fully saturated rings. The number of hydrogen-bond donors (Lipinski definition) is 0. The summed E-state index contributed by atoms with van der Waals surface area (Å²) >= 11 is 0. The maximum atomic E-state index is 13.3. The van der Waals surface area contributed by atoms with Crippen molar-refractivity contribution in [1.82, 2.24) is 14.7 Å². The van der Waals surface area contributed by atoms with Crippen LogP contribution in [0.4, 0.5) is 0 Å². The van der Waals surface area contributed by atoms with Crippen LogP contribution in [0.1, 0.15) is 30.8 Å². The Kier molecular flexibility index (Phi) is 4.88. The molecule has 1 aromatic carbocycles. The molecule has 1 aromatic heterocycles. The number of hydrogen-bond acceptors (Lipinski definition) is 5. The average Bonchev–Trinajstić information content (AvgIpc) is 2.95. The van der Waals surface area contributed by atoms with Crippen LogP contribution in [0.3, 0.4) is 0 Å². The van der Waals surface area contributed by atoms with Crippen LogP contribution >= 0.6 is 0 Å². The summed E-state index contributed by atoms with van der Waals surface area (Å²) in [6.45, 7) is 4.41. The van der Waals surface area contributed by atoms with Gasteiger partial charge in [-0.05, 0) is 18.4 Å². The van der Waals surface area contributed by atoms with Crippen LogP contribution in [-0.2, 0) is 16.9 Å². The van der Waals surface area contributed by atoms with E-state index in [2.05, 4.69) is 5.10 Å². The molecular formula is C18H23N3O4S. The zero-order chi connectivity index (χ0) is 19.1. The van der Waals surface area contributed by atoms with Crippen molar-refractivity contribution in [3.63, 3.8) is 0 Å². The zero-order valence-electron chi connectivity index (χ0n) is 15.2. The minimum absolute atomic E-state index is 0.0187. The summed E-state index contributed by atoms with van der Waals surface area (Å²) in [5.41, 5.74) is -0.0800. The Balaban J connectivity index is 2.09. The summed E-state index contributed by atoms with van der Waals surface area (Å²) in [5, 5.41) is 5.12. The molecule has 1 aliphatic rings. The molecule has 0 unspecified atom stereocenters. The van der Waals surface area contributed by atoms with E-state index in [-0.39, 0.29) is 40.6 Å². The van der Waals surface area contributed by atoms with Gasteiger partial charge in [0.1, 0.15) is 0 Å². The van der Waals surface area contributed by atoms with Gasteiger partial charge < -0.3 is 4.90 Å². The number of amides is 1. The molecular weight excluding hydrogens is 354 g/mol. The lowest BCUT2D eigenvalue weighted by Gasteiger charge is -2.30. The second-order valence-electron chi connectivity index (χ2n) is 7.23. The van der Waals surface area contributed by atoms with Gasteiger partial charge >= 0.3 is 0 Å². The molecule has 1 atom stereocenters. The van der Waals surface area contributed by atoms with Gasteiger partial charge in [0, 0.05) is 25.0 Å². The highest BCUT2D eigenvalue weighted by Gasteiger charge is 2.36. The van der Waals surface area contributed by atoms with Crippen molar-refractivity contribution in [1.29, 1.82) is 0 Å². The van der Waals surface area contributed by atoms with E-state index in [9.17, 15) is 18.0 Å². The lowest BCUT2D eigenvalue weighted by Crippen LogP contribution is -2.44. The lowest BCUT2D eigenvalue weighted by molar-refractivity contribution is 0.0666. The fourth-order valence-electron chi connectivity index (χ4n) is 3.41. The first-order valence-electron chi connectivity index (χ1n) is 8.67. The largest absolute Gasteiger partial charge is 0.333 e. The molecule has 1 aliphatic heterocycles. The molecule has 0 saturated carbocycles. The molecule has 0 N–H and O–H groups in total. The van der Waals surface area contributed by atoms with E-state index >= 15 is 0 Å². The van der Waals surface area contributed by atoms with Gasteiger partial charge in [-0.3, -0.25) is 9.59 Å². The second-order valence-corrected chi connectivity index (χ2v) is 9.46. The second kappa shape index (κ2) is 6.83. The smallest absolute Gasteiger partial charge is 0.275 e. The molecule has 8 heteroatoms. The highest BCUT2D eigenvalue weighted by molar-refractivity contribution is 7.91. The van der Waals surface area contributed by atoms with E-state index in [4.69, 9.17) is 0 Å². The number of sulfone groups is 1. The van der Waals surface area contributed by atoms with E-state index in [1.165, 1.54) is 7.05 Å². The monoisotopic (exact) mass is 377 g/mol. The highest BCUT2D eigenvalue weighted by atomic mass is 32.2. The molecule has 140 valence electrons. The van der Waals surface area contributed by atoms with Crippen molar-refractivity contribution in [2.75, 3.05) is 18.1 Å². The predicted molar refractivity (Wildman–Crippen MR) is 99.9 cm³/mol. The van der Waals surface area contributed by atoms with E-state index < -0.39 is 9.84 Å². The van der Waals surface area contributed by atoms with Gasteiger partial charge in [-0.25, -0.2) is 13.1 Å². The number of benzene rings is 1. The minimum atomic E-state index is -3.12. The quantitative estimate of drug-likeness (QED) is 0.799. The molecule has 26 heavy (non-hydrogen) atoms. The first kappa shape index (κ1) is 18.6. The van der Waals surface area contributed by atoms with Gasteiger partial charge in [0.05, 0.1) is 16.9 Å². The first-order valence-corrected chi connectivity index (χ1v) is 10.5.